The second kappa shape index (κ2) is 10.9. The number of hydrogen-bond acceptors (Lipinski definition) is 6. The minimum absolute atomic E-state index is 0.0167. The van der Waals surface area contributed by atoms with E-state index < -0.39 is 0 Å². The Hall–Kier alpha value is -2.19. The Morgan fingerprint density at radius 1 is 1.19 bits per heavy atom. The molecular formula is C23H26ClN3O3S. The van der Waals surface area contributed by atoms with Crippen LogP contribution >= 0.6 is 22.9 Å². The summed E-state index contributed by atoms with van der Waals surface area (Å²) >= 11 is 7.63. The van der Waals surface area contributed by atoms with Crippen molar-refractivity contribution in [1.82, 2.24) is 9.88 Å². The number of carbonyl (C=O) groups is 1. The van der Waals surface area contributed by atoms with Crippen LogP contribution in [-0.2, 0) is 9.53 Å². The molecule has 1 aromatic heterocycles. The van der Waals surface area contributed by atoms with Crippen LogP contribution in [0.25, 0.3) is 10.2 Å². The summed E-state index contributed by atoms with van der Waals surface area (Å²) in [7, 11) is 0. The van der Waals surface area contributed by atoms with Crippen LogP contribution in [0, 0.1) is 0 Å². The van der Waals surface area contributed by atoms with Crippen molar-refractivity contribution in [3.63, 3.8) is 0 Å². The predicted molar refractivity (Wildman–Crippen MR) is 125 cm³/mol. The Balaban J connectivity index is 1.42. The van der Waals surface area contributed by atoms with E-state index in [9.17, 15) is 4.79 Å². The molecule has 0 saturated carbocycles. The largest absolute Gasteiger partial charge is 0.493 e. The number of halogens is 1. The number of rotatable bonds is 9. The summed E-state index contributed by atoms with van der Waals surface area (Å²) in [5.74, 6) is 0.784. The quantitative estimate of drug-likeness (QED) is 0.472. The van der Waals surface area contributed by atoms with Crippen LogP contribution in [0.4, 0.5) is 5.13 Å². The minimum atomic E-state index is 0.0167. The maximum Gasteiger partial charge on any atom is 0.232 e. The third-order valence-electron chi connectivity index (χ3n) is 5.16. The third-order valence-corrected chi connectivity index (χ3v) is 6.44. The molecule has 1 aliphatic heterocycles. The fraction of sp³-hybridized carbons (Fsp3) is 0.391. The molecule has 0 unspecified atom stereocenters. The van der Waals surface area contributed by atoms with Gasteiger partial charge in [0.2, 0.25) is 5.91 Å². The van der Waals surface area contributed by atoms with Crippen molar-refractivity contribution in [3.8, 4) is 5.75 Å². The van der Waals surface area contributed by atoms with Gasteiger partial charge in [-0.2, -0.15) is 0 Å². The van der Waals surface area contributed by atoms with E-state index in [0.717, 1.165) is 55.2 Å². The van der Waals surface area contributed by atoms with Crippen LogP contribution in [0.5, 0.6) is 5.75 Å². The van der Waals surface area contributed by atoms with Crippen LogP contribution in [0.15, 0.2) is 48.5 Å². The van der Waals surface area contributed by atoms with E-state index in [1.807, 2.05) is 48.5 Å². The van der Waals surface area contributed by atoms with Gasteiger partial charge in [-0.25, -0.2) is 4.98 Å². The molecule has 2 aromatic carbocycles. The van der Waals surface area contributed by atoms with Crippen LogP contribution in [-0.4, -0.2) is 61.8 Å². The summed E-state index contributed by atoms with van der Waals surface area (Å²) in [5.41, 5.74) is 0.857. The molecule has 6 nitrogen and oxygen atoms in total. The Bertz CT molecular complexity index is 992. The first-order valence-electron chi connectivity index (χ1n) is 10.5. The molecule has 1 amide bonds. The number of carbonyl (C=O) groups excluding carboxylic acids is 1. The van der Waals surface area contributed by atoms with Crippen molar-refractivity contribution in [2.45, 2.75) is 12.8 Å². The number of thiazole rings is 1. The molecule has 164 valence electrons. The minimum Gasteiger partial charge on any atom is -0.493 e. The number of nitrogens with zero attached hydrogens (tertiary/aromatic N) is 3. The van der Waals surface area contributed by atoms with Crippen molar-refractivity contribution in [1.29, 1.82) is 0 Å². The van der Waals surface area contributed by atoms with Gasteiger partial charge in [-0.3, -0.25) is 14.6 Å². The highest BCUT2D eigenvalue weighted by molar-refractivity contribution is 7.22. The van der Waals surface area contributed by atoms with Crippen molar-refractivity contribution < 1.29 is 14.3 Å². The molecule has 0 bridgehead atoms. The summed E-state index contributed by atoms with van der Waals surface area (Å²) < 4.78 is 12.1. The zero-order chi connectivity index (χ0) is 21.5. The van der Waals surface area contributed by atoms with Crippen LogP contribution in [0.3, 0.4) is 0 Å². The maximum absolute atomic E-state index is 13.1. The van der Waals surface area contributed by atoms with Gasteiger partial charge in [0, 0.05) is 31.2 Å². The van der Waals surface area contributed by atoms with E-state index >= 15 is 0 Å². The number of fused-ring (bicyclic) bond motifs is 1. The SMILES string of the molecule is O=C(CCOc1ccccc1)N(CCCN1CCOCC1)c1nc2ccc(Cl)cc2s1. The van der Waals surface area contributed by atoms with Gasteiger partial charge in [-0.05, 0) is 36.8 Å². The standard InChI is InChI=1S/C23H26ClN3O3S/c24-18-7-8-20-21(17-18)31-23(25-20)27(11-4-10-26-12-15-29-16-13-26)22(28)9-14-30-19-5-2-1-3-6-19/h1-3,5-8,17H,4,9-16H2. The average Bonchev–Trinajstić information content (AvgIpc) is 3.20. The van der Waals surface area contributed by atoms with E-state index in [1.165, 1.54) is 11.3 Å². The molecule has 4 rings (SSSR count). The van der Waals surface area contributed by atoms with E-state index in [-0.39, 0.29) is 5.91 Å². The van der Waals surface area contributed by atoms with Gasteiger partial charge in [0.05, 0.1) is 36.5 Å². The molecule has 0 atom stereocenters. The second-order valence-electron chi connectivity index (χ2n) is 7.37. The number of aromatic nitrogens is 1. The lowest BCUT2D eigenvalue weighted by Crippen LogP contribution is -2.39. The van der Waals surface area contributed by atoms with Crippen molar-refractivity contribution >= 4 is 44.2 Å². The summed E-state index contributed by atoms with van der Waals surface area (Å²) in [6.45, 7) is 5.33. The molecule has 1 saturated heterocycles. The fourth-order valence-corrected chi connectivity index (χ4v) is 4.80. The summed E-state index contributed by atoms with van der Waals surface area (Å²) in [6.07, 6.45) is 1.17. The molecular weight excluding hydrogens is 434 g/mol. The highest BCUT2D eigenvalue weighted by atomic mass is 35.5. The summed E-state index contributed by atoms with van der Waals surface area (Å²) in [6, 6.07) is 15.2. The number of ether oxygens (including phenoxy) is 2. The highest BCUT2D eigenvalue weighted by Crippen LogP contribution is 2.31. The molecule has 3 aromatic rings. The number of amides is 1. The number of benzene rings is 2. The van der Waals surface area contributed by atoms with Crippen molar-refractivity contribution in [3.05, 3.63) is 53.6 Å². The van der Waals surface area contributed by atoms with Gasteiger partial charge in [0.25, 0.3) is 0 Å². The Labute approximate surface area is 191 Å². The number of morpholine rings is 1. The first kappa shape index (κ1) is 22.0. The molecule has 31 heavy (non-hydrogen) atoms. The smallest absolute Gasteiger partial charge is 0.232 e. The second-order valence-corrected chi connectivity index (χ2v) is 8.82. The predicted octanol–water partition coefficient (Wildman–Crippen LogP) is 4.47. The third kappa shape index (κ3) is 6.17. The molecule has 1 fully saturated rings. The Kier molecular flexibility index (Phi) is 7.75. The van der Waals surface area contributed by atoms with E-state index in [4.69, 9.17) is 26.1 Å². The molecule has 0 aliphatic carbocycles. The number of para-hydroxylation sites is 1. The van der Waals surface area contributed by atoms with Crippen LogP contribution in [0.1, 0.15) is 12.8 Å². The molecule has 0 spiro atoms. The topological polar surface area (TPSA) is 54.9 Å². The Morgan fingerprint density at radius 3 is 2.81 bits per heavy atom. The van der Waals surface area contributed by atoms with Gasteiger partial charge in [0.1, 0.15) is 5.75 Å². The first-order valence-corrected chi connectivity index (χ1v) is 11.7. The monoisotopic (exact) mass is 459 g/mol. The molecule has 8 heteroatoms. The Morgan fingerprint density at radius 2 is 2.00 bits per heavy atom. The molecule has 2 heterocycles. The van der Waals surface area contributed by atoms with Gasteiger partial charge in [-0.1, -0.05) is 41.1 Å². The molecule has 0 N–H and O–H groups in total. The van der Waals surface area contributed by atoms with Gasteiger partial charge >= 0.3 is 0 Å². The average molecular weight is 460 g/mol. The van der Waals surface area contributed by atoms with E-state index in [0.29, 0.717) is 29.7 Å². The lowest BCUT2D eigenvalue weighted by molar-refractivity contribution is -0.119. The van der Waals surface area contributed by atoms with E-state index in [2.05, 4.69) is 4.90 Å². The highest BCUT2D eigenvalue weighted by Gasteiger charge is 2.20. The number of anilines is 1. The van der Waals surface area contributed by atoms with E-state index in [1.54, 1.807) is 4.90 Å². The maximum atomic E-state index is 13.1. The van der Waals surface area contributed by atoms with Gasteiger partial charge < -0.3 is 9.47 Å². The summed E-state index contributed by atoms with van der Waals surface area (Å²) in [4.78, 5) is 22.0. The zero-order valence-electron chi connectivity index (χ0n) is 17.3. The fourth-order valence-electron chi connectivity index (χ4n) is 3.51. The van der Waals surface area contributed by atoms with Crippen molar-refractivity contribution in [2.75, 3.05) is 50.9 Å². The van der Waals surface area contributed by atoms with Crippen LogP contribution in [0.2, 0.25) is 5.02 Å². The normalized spacial score (nSPS) is 14.6. The first-order chi connectivity index (χ1) is 15.2. The zero-order valence-corrected chi connectivity index (χ0v) is 18.9. The van der Waals surface area contributed by atoms with Gasteiger partial charge in [0.15, 0.2) is 5.13 Å². The molecule has 1 aliphatic rings. The lowest BCUT2D eigenvalue weighted by atomic mass is 10.3. The van der Waals surface area contributed by atoms with Crippen molar-refractivity contribution in [2.24, 2.45) is 0 Å². The number of hydrogen-bond donors (Lipinski definition) is 0. The lowest BCUT2D eigenvalue weighted by Gasteiger charge is -2.27. The summed E-state index contributed by atoms with van der Waals surface area (Å²) in [5, 5.41) is 1.38. The molecule has 0 radical (unpaired) electrons. The van der Waals surface area contributed by atoms with Crippen LogP contribution < -0.4 is 9.64 Å². The van der Waals surface area contributed by atoms with Gasteiger partial charge in [-0.15, -0.1) is 0 Å².